The Bertz CT molecular complexity index is 427. The number of likely N-dealkylation sites (tertiary alicyclic amines) is 1. The SMILES string of the molecule is CC(C)OC(=O)NCCCCC(N)C(=O)N1CCCC1C(=O)O. The van der Waals surface area contributed by atoms with Crippen LogP contribution < -0.4 is 11.1 Å². The number of amides is 2. The first-order valence-electron chi connectivity index (χ1n) is 8.06. The fraction of sp³-hybridized carbons (Fsp3) is 0.800. The van der Waals surface area contributed by atoms with E-state index in [2.05, 4.69) is 5.32 Å². The van der Waals surface area contributed by atoms with Crippen LogP contribution in [0.3, 0.4) is 0 Å². The zero-order chi connectivity index (χ0) is 17.4. The van der Waals surface area contributed by atoms with Crippen molar-refractivity contribution in [2.75, 3.05) is 13.1 Å². The van der Waals surface area contributed by atoms with E-state index in [4.69, 9.17) is 15.6 Å². The predicted octanol–water partition coefficient (Wildman–Crippen LogP) is 0.694. The van der Waals surface area contributed by atoms with Crippen LogP contribution >= 0.6 is 0 Å². The third kappa shape index (κ3) is 6.43. The standard InChI is InChI=1S/C15H27N3O5/c1-10(2)23-15(22)17-8-4-3-6-11(16)13(19)18-9-5-7-12(18)14(20)21/h10-12H,3-9,16H2,1-2H3,(H,17,22)(H,20,21). The quantitative estimate of drug-likeness (QED) is 0.563. The number of nitrogens with two attached hydrogens (primary N) is 1. The molecular weight excluding hydrogens is 302 g/mol. The van der Waals surface area contributed by atoms with Gasteiger partial charge in [-0.2, -0.15) is 0 Å². The average Bonchev–Trinajstić information content (AvgIpc) is 2.94. The Hall–Kier alpha value is -1.83. The van der Waals surface area contributed by atoms with Crippen LogP contribution in [0.5, 0.6) is 0 Å². The van der Waals surface area contributed by atoms with Gasteiger partial charge in [-0.25, -0.2) is 9.59 Å². The molecule has 8 heteroatoms. The first-order chi connectivity index (χ1) is 10.8. The predicted molar refractivity (Wildman–Crippen MR) is 83.8 cm³/mol. The molecule has 2 amide bonds. The molecule has 1 aliphatic heterocycles. The zero-order valence-corrected chi connectivity index (χ0v) is 13.8. The highest BCUT2D eigenvalue weighted by Gasteiger charge is 2.35. The van der Waals surface area contributed by atoms with Crippen LogP contribution in [0.15, 0.2) is 0 Å². The van der Waals surface area contributed by atoms with E-state index in [9.17, 15) is 14.4 Å². The van der Waals surface area contributed by atoms with E-state index < -0.39 is 24.1 Å². The fourth-order valence-electron chi connectivity index (χ4n) is 2.56. The lowest BCUT2D eigenvalue weighted by molar-refractivity contribution is -0.148. The van der Waals surface area contributed by atoms with E-state index in [0.29, 0.717) is 45.2 Å². The number of hydrogen-bond acceptors (Lipinski definition) is 5. The van der Waals surface area contributed by atoms with Crippen molar-refractivity contribution in [2.24, 2.45) is 5.73 Å². The Kier molecular flexibility index (Phi) is 7.80. The average molecular weight is 329 g/mol. The molecule has 0 aliphatic carbocycles. The Labute approximate surface area is 136 Å². The molecule has 132 valence electrons. The first-order valence-corrected chi connectivity index (χ1v) is 8.06. The normalized spacial score (nSPS) is 18.8. The number of nitrogens with one attached hydrogen (secondary N) is 1. The summed E-state index contributed by atoms with van der Waals surface area (Å²) in [5.74, 6) is -1.28. The van der Waals surface area contributed by atoms with Gasteiger partial charge in [-0.1, -0.05) is 0 Å². The number of carboxylic acids is 1. The van der Waals surface area contributed by atoms with Gasteiger partial charge in [0, 0.05) is 13.1 Å². The summed E-state index contributed by atoms with van der Waals surface area (Å²) in [6.45, 7) is 4.44. The lowest BCUT2D eigenvalue weighted by Crippen LogP contribution is -2.48. The molecule has 0 aromatic heterocycles. The maximum atomic E-state index is 12.2. The fourth-order valence-corrected chi connectivity index (χ4v) is 2.56. The highest BCUT2D eigenvalue weighted by Crippen LogP contribution is 2.19. The molecule has 0 aromatic rings. The lowest BCUT2D eigenvalue weighted by Gasteiger charge is -2.24. The molecule has 0 spiro atoms. The van der Waals surface area contributed by atoms with Gasteiger partial charge < -0.3 is 25.8 Å². The second-order valence-electron chi connectivity index (χ2n) is 6.01. The van der Waals surface area contributed by atoms with Gasteiger partial charge >= 0.3 is 12.1 Å². The number of nitrogens with zero attached hydrogens (tertiary/aromatic N) is 1. The third-order valence-electron chi connectivity index (χ3n) is 3.69. The van der Waals surface area contributed by atoms with Gasteiger partial charge in [0.05, 0.1) is 12.1 Å². The number of unbranched alkanes of at least 4 members (excludes halogenated alkanes) is 1. The van der Waals surface area contributed by atoms with E-state index in [0.717, 1.165) is 0 Å². The minimum absolute atomic E-state index is 0.163. The Balaban J connectivity index is 2.23. The van der Waals surface area contributed by atoms with Gasteiger partial charge in [-0.15, -0.1) is 0 Å². The van der Waals surface area contributed by atoms with Crippen LogP contribution in [0.4, 0.5) is 4.79 Å². The van der Waals surface area contributed by atoms with Crippen LogP contribution in [0.1, 0.15) is 46.0 Å². The minimum Gasteiger partial charge on any atom is -0.480 e. The number of carbonyl (C=O) groups excluding carboxylic acids is 2. The third-order valence-corrected chi connectivity index (χ3v) is 3.69. The van der Waals surface area contributed by atoms with Gasteiger partial charge in [0.2, 0.25) is 5.91 Å². The molecule has 1 saturated heterocycles. The lowest BCUT2D eigenvalue weighted by atomic mass is 10.1. The van der Waals surface area contributed by atoms with Crippen molar-refractivity contribution in [3.05, 3.63) is 0 Å². The molecule has 1 fully saturated rings. The topological polar surface area (TPSA) is 122 Å². The summed E-state index contributed by atoms with van der Waals surface area (Å²) in [5, 5.41) is 11.7. The Morgan fingerprint density at radius 1 is 1.35 bits per heavy atom. The van der Waals surface area contributed by atoms with Crippen molar-refractivity contribution in [3.8, 4) is 0 Å². The summed E-state index contributed by atoms with van der Waals surface area (Å²) in [7, 11) is 0. The van der Waals surface area contributed by atoms with Crippen molar-refractivity contribution < 1.29 is 24.2 Å². The molecule has 23 heavy (non-hydrogen) atoms. The summed E-state index contributed by atoms with van der Waals surface area (Å²) in [6.07, 6.45) is 2.36. The van der Waals surface area contributed by atoms with Crippen molar-refractivity contribution in [1.29, 1.82) is 0 Å². The largest absolute Gasteiger partial charge is 0.480 e. The molecule has 1 rings (SSSR count). The van der Waals surface area contributed by atoms with Crippen LogP contribution in [-0.4, -0.2) is 59.3 Å². The van der Waals surface area contributed by atoms with Gasteiger partial charge in [-0.05, 0) is 46.0 Å². The second-order valence-corrected chi connectivity index (χ2v) is 6.01. The monoisotopic (exact) mass is 329 g/mol. The van der Waals surface area contributed by atoms with E-state index in [-0.39, 0.29) is 12.0 Å². The van der Waals surface area contributed by atoms with Crippen molar-refractivity contribution in [3.63, 3.8) is 0 Å². The molecule has 2 atom stereocenters. The molecular formula is C15H27N3O5. The molecule has 0 saturated carbocycles. The van der Waals surface area contributed by atoms with Gasteiger partial charge in [0.15, 0.2) is 0 Å². The molecule has 0 radical (unpaired) electrons. The summed E-state index contributed by atoms with van der Waals surface area (Å²) >= 11 is 0. The molecule has 8 nitrogen and oxygen atoms in total. The maximum Gasteiger partial charge on any atom is 0.407 e. The van der Waals surface area contributed by atoms with E-state index in [1.807, 2.05) is 0 Å². The van der Waals surface area contributed by atoms with Crippen LogP contribution in [0, 0.1) is 0 Å². The zero-order valence-electron chi connectivity index (χ0n) is 13.8. The summed E-state index contributed by atoms with van der Waals surface area (Å²) < 4.78 is 4.93. The number of carboxylic acid groups (broad SMARTS) is 1. The van der Waals surface area contributed by atoms with Gasteiger partial charge in [0.25, 0.3) is 0 Å². The van der Waals surface area contributed by atoms with E-state index >= 15 is 0 Å². The second kappa shape index (κ2) is 9.34. The molecule has 2 unspecified atom stereocenters. The Morgan fingerprint density at radius 2 is 2.04 bits per heavy atom. The number of alkyl carbamates (subject to hydrolysis) is 1. The summed E-state index contributed by atoms with van der Waals surface area (Å²) in [4.78, 5) is 35.9. The van der Waals surface area contributed by atoms with Crippen LogP contribution in [0.25, 0.3) is 0 Å². The molecule has 4 N–H and O–H groups in total. The summed E-state index contributed by atoms with van der Waals surface area (Å²) in [5.41, 5.74) is 5.87. The van der Waals surface area contributed by atoms with Crippen molar-refractivity contribution in [2.45, 2.75) is 64.1 Å². The molecule has 0 bridgehead atoms. The van der Waals surface area contributed by atoms with Crippen LogP contribution in [0.2, 0.25) is 0 Å². The molecule has 1 aliphatic rings. The minimum atomic E-state index is -0.976. The van der Waals surface area contributed by atoms with Gasteiger partial charge in [0.1, 0.15) is 6.04 Å². The van der Waals surface area contributed by atoms with Crippen molar-refractivity contribution >= 4 is 18.0 Å². The number of ether oxygens (including phenoxy) is 1. The van der Waals surface area contributed by atoms with Crippen LogP contribution in [-0.2, 0) is 14.3 Å². The van der Waals surface area contributed by atoms with Gasteiger partial charge in [-0.3, -0.25) is 4.79 Å². The van der Waals surface area contributed by atoms with Crippen molar-refractivity contribution in [1.82, 2.24) is 10.2 Å². The molecule has 0 aromatic carbocycles. The summed E-state index contributed by atoms with van der Waals surface area (Å²) in [6, 6.07) is -1.45. The highest BCUT2D eigenvalue weighted by molar-refractivity contribution is 5.87. The highest BCUT2D eigenvalue weighted by atomic mass is 16.6. The number of rotatable bonds is 8. The molecule has 1 heterocycles. The smallest absolute Gasteiger partial charge is 0.407 e. The first kappa shape index (κ1) is 19.2. The maximum absolute atomic E-state index is 12.2. The Morgan fingerprint density at radius 3 is 2.65 bits per heavy atom. The number of aliphatic carboxylic acids is 1. The van der Waals surface area contributed by atoms with E-state index in [1.54, 1.807) is 13.8 Å². The number of carbonyl (C=O) groups is 3. The number of hydrogen-bond donors (Lipinski definition) is 3. The van der Waals surface area contributed by atoms with E-state index in [1.165, 1.54) is 4.90 Å².